The second-order valence-electron chi connectivity index (χ2n) is 9.47. The summed E-state index contributed by atoms with van der Waals surface area (Å²) in [5.74, 6) is -0.0183. The molecule has 1 heterocycles. The largest absolute Gasteiger partial charge is 0.488 e. The van der Waals surface area contributed by atoms with E-state index in [4.69, 9.17) is 4.74 Å². The smallest absolute Gasteiger partial charge is 0.304 e. The summed E-state index contributed by atoms with van der Waals surface area (Å²) >= 11 is 1.70. The number of fused-ring (bicyclic) bond motifs is 2. The van der Waals surface area contributed by atoms with E-state index in [-0.39, 0.29) is 24.2 Å². The first-order valence-corrected chi connectivity index (χ1v) is 12.8. The highest BCUT2D eigenvalue weighted by molar-refractivity contribution is 7.97. The van der Waals surface area contributed by atoms with E-state index >= 15 is 0 Å². The van der Waals surface area contributed by atoms with Gasteiger partial charge in [-0.15, -0.1) is 0 Å². The van der Waals surface area contributed by atoms with E-state index in [9.17, 15) is 14.7 Å². The lowest BCUT2D eigenvalue weighted by Crippen LogP contribution is -2.27. The predicted molar refractivity (Wildman–Crippen MR) is 137 cm³/mol. The summed E-state index contributed by atoms with van der Waals surface area (Å²) in [6.07, 6.45) is 1.33. The second-order valence-corrected chi connectivity index (χ2v) is 10.6. The number of aryl methyl sites for hydroxylation is 2. The molecule has 2 atom stereocenters. The number of Topliss-reactive ketones (excluding diaryl/α,β-unsaturated/α-hetero) is 1. The molecule has 2 unspecified atom stereocenters. The van der Waals surface area contributed by atoms with E-state index in [1.54, 1.807) is 11.9 Å². The Balaban J connectivity index is 1.45. The number of rotatable bonds is 6. The average Bonchev–Trinajstić information content (AvgIpc) is 3.11. The van der Waals surface area contributed by atoms with E-state index < -0.39 is 5.97 Å². The van der Waals surface area contributed by atoms with Crippen molar-refractivity contribution in [1.29, 1.82) is 0 Å². The van der Waals surface area contributed by atoms with Crippen LogP contribution in [0.4, 0.5) is 0 Å². The molecule has 3 aromatic rings. The molecule has 0 aromatic heterocycles. The Labute approximate surface area is 210 Å². The fourth-order valence-corrected chi connectivity index (χ4v) is 6.11. The van der Waals surface area contributed by atoms with Crippen LogP contribution in [0.5, 0.6) is 5.75 Å². The number of carbonyl (C=O) groups excluding carboxylic acids is 1. The molecule has 2 aliphatic rings. The monoisotopic (exact) mass is 487 g/mol. The number of carbonyl (C=O) groups is 2. The maximum atomic E-state index is 12.1. The SMILES string of the molecule is Cc1ccc(C(CC(=O)O)c2ccc3c(c2)CCC3=O)cc1CN1CC(C)Oc2ccccc2S1. The lowest BCUT2D eigenvalue weighted by molar-refractivity contribution is -0.137. The quantitative estimate of drug-likeness (QED) is 0.429. The minimum Gasteiger partial charge on any atom is -0.488 e. The zero-order chi connectivity index (χ0) is 24.5. The van der Waals surface area contributed by atoms with Crippen LogP contribution in [0.2, 0.25) is 0 Å². The number of ketones is 1. The molecule has 1 N–H and O–H groups in total. The molecule has 0 saturated heterocycles. The number of para-hydroxylation sites is 1. The number of nitrogens with zero attached hydrogens (tertiary/aromatic N) is 1. The van der Waals surface area contributed by atoms with E-state index in [0.717, 1.165) is 52.4 Å². The van der Waals surface area contributed by atoms with Crippen LogP contribution in [-0.4, -0.2) is 33.8 Å². The normalized spacial score (nSPS) is 18.3. The highest BCUT2D eigenvalue weighted by atomic mass is 32.2. The number of hydrogen-bond acceptors (Lipinski definition) is 5. The number of carboxylic acid groups (broad SMARTS) is 1. The van der Waals surface area contributed by atoms with Gasteiger partial charge in [0.1, 0.15) is 11.9 Å². The lowest BCUT2D eigenvalue weighted by Gasteiger charge is -2.23. The fraction of sp³-hybridized carbons (Fsp3) is 0.310. The summed E-state index contributed by atoms with van der Waals surface area (Å²) in [5, 5.41) is 9.70. The summed E-state index contributed by atoms with van der Waals surface area (Å²) in [6.45, 7) is 5.69. The summed E-state index contributed by atoms with van der Waals surface area (Å²) in [4.78, 5) is 25.0. The Bertz CT molecular complexity index is 1290. The predicted octanol–water partition coefficient (Wildman–Crippen LogP) is 6.02. The van der Waals surface area contributed by atoms with Gasteiger partial charge in [0.05, 0.1) is 11.3 Å². The van der Waals surface area contributed by atoms with Gasteiger partial charge in [-0.1, -0.05) is 48.5 Å². The second kappa shape index (κ2) is 9.88. The number of aliphatic carboxylic acids is 1. The molecule has 0 saturated carbocycles. The Morgan fingerprint density at radius 2 is 1.89 bits per heavy atom. The third-order valence-electron chi connectivity index (χ3n) is 6.82. The van der Waals surface area contributed by atoms with E-state index in [1.807, 2.05) is 42.5 Å². The maximum Gasteiger partial charge on any atom is 0.304 e. The van der Waals surface area contributed by atoms with Crippen LogP contribution in [0, 0.1) is 6.92 Å². The minimum atomic E-state index is -0.834. The highest BCUT2D eigenvalue weighted by Gasteiger charge is 2.25. The van der Waals surface area contributed by atoms with Crippen molar-refractivity contribution < 1.29 is 19.4 Å². The lowest BCUT2D eigenvalue weighted by atomic mass is 9.85. The van der Waals surface area contributed by atoms with Gasteiger partial charge in [-0.25, -0.2) is 4.31 Å². The molecule has 0 spiro atoms. The molecule has 0 fully saturated rings. The standard InChI is InChI=1S/C29H29NO4S/c1-18-7-8-21(25(15-29(32)33)22-9-11-24-20(13-22)10-12-26(24)31)14-23(18)17-30-16-19(2)34-27-5-3-4-6-28(27)35-30/h3-9,11,13-14,19,25H,10,12,15-17H2,1-2H3,(H,32,33). The molecule has 5 rings (SSSR count). The van der Waals surface area contributed by atoms with Gasteiger partial charge >= 0.3 is 5.97 Å². The van der Waals surface area contributed by atoms with E-state index in [0.29, 0.717) is 6.42 Å². The first kappa shape index (κ1) is 23.6. The van der Waals surface area contributed by atoms with Crippen molar-refractivity contribution in [2.24, 2.45) is 0 Å². The molecule has 180 valence electrons. The van der Waals surface area contributed by atoms with Crippen molar-refractivity contribution in [3.8, 4) is 5.75 Å². The van der Waals surface area contributed by atoms with Crippen molar-refractivity contribution in [2.75, 3.05) is 6.54 Å². The Morgan fingerprint density at radius 1 is 1.11 bits per heavy atom. The van der Waals surface area contributed by atoms with Crippen LogP contribution in [0.3, 0.4) is 0 Å². The number of carboxylic acids is 1. The van der Waals surface area contributed by atoms with Crippen molar-refractivity contribution in [3.05, 3.63) is 94.0 Å². The maximum absolute atomic E-state index is 12.1. The first-order valence-electron chi connectivity index (χ1n) is 12.0. The Kier molecular flexibility index (Phi) is 6.67. The zero-order valence-corrected chi connectivity index (χ0v) is 20.8. The van der Waals surface area contributed by atoms with Gasteiger partial charge in [0.2, 0.25) is 0 Å². The molecule has 0 bridgehead atoms. The van der Waals surface area contributed by atoms with Gasteiger partial charge in [-0.3, -0.25) is 9.59 Å². The highest BCUT2D eigenvalue weighted by Crippen LogP contribution is 2.37. The molecule has 0 radical (unpaired) electrons. The summed E-state index contributed by atoms with van der Waals surface area (Å²) < 4.78 is 8.43. The van der Waals surface area contributed by atoms with Crippen molar-refractivity contribution >= 4 is 23.7 Å². The van der Waals surface area contributed by atoms with Gasteiger partial charge < -0.3 is 9.84 Å². The van der Waals surface area contributed by atoms with Crippen LogP contribution in [0.1, 0.15) is 63.9 Å². The van der Waals surface area contributed by atoms with Crippen LogP contribution < -0.4 is 4.74 Å². The van der Waals surface area contributed by atoms with E-state index in [1.165, 1.54) is 11.1 Å². The van der Waals surface area contributed by atoms with Gasteiger partial charge in [0.15, 0.2) is 5.78 Å². The van der Waals surface area contributed by atoms with Crippen LogP contribution >= 0.6 is 11.9 Å². The van der Waals surface area contributed by atoms with E-state index in [2.05, 4.69) is 36.4 Å². The third-order valence-corrected chi connectivity index (χ3v) is 7.89. The number of ether oxygens (including phenoxy) is 1. The first-order chi connectivity index (χ1) is 16.9. The number of benzene rings is 3. The van der Waals surface area contributed by atoms with Gasteiger partial charge in [-0.05, 0) is 72.2 Å². The molecular weight excluding hydrogens is 458 g/mol. The van der Waals surface area contributed by atoms with Crippen LogP contribution in [-0.2, 0) is 17.8 Å². The minimum absolute atomic E-state index is 0.00590. The van der Waals surface area contributed by atoms with Crippen LogP contribution in [0.15, 0.2) is 65.6 Å². The molecule has 6 heteroatoms. The molecule has 5 nitrogen and oxygen atoms in total. The topological polar surface area (TPSA) is 66.8 Å². The van der Waals surface area contributed by atoms with Crippen molar-refractivity contribution in [3.63, 3.8) is 0 Å². The third kappa shape index (κ3) is 5.14. The molecule has 0 amide bonds. The fourth-order valence-electron chi connectivity index (χ4n) is 5.00. The number of hydrogen-bond donors (Lipinski definition) is 1. The van der Waals surface area contributed by atoms with Gasteiger partial charge in [-0.2, -0.15) is 0 Å². The molecular formula is C29H29NO4S. The molecule has 1 aliphatic heterocycles. The summed E-state index contributed by atoms with van der Waals surface area (Å²) in [6, 6.07) is 20.2. The molecule has 35 heavy (non-hydrogen) atoms. The van der Waals surface area contributed by atoms with Gasteiger partial charge in [0.25, 0.3) is 0 Å². The Morgan fingerprint density at radius 3 is 2.71 bits per heavy atom. The summed E-state index contributed by atoms with van der Waals surface area (Å²) in [7, 11) is 0. The molecule has 3 aromatic carbocycles. The summed E-state index contributed by atoms with van der Waals surface area (Å²) in [5.41, 5.74) is 6.10. The molecule has 1 aliphatic carbocycles. The van der Waals surface area contributed by atoms with Gasteiger partial charge in [0, 0.05) is 31.0 Å². The van der Waals surface area contributed by atoms with Crippen molar-refractivity contribution in [1.82, 2.24) is 4.31 Å². The zero-order valence-electron chi connectivity index (χ0n) is 20.0. The van der Waals surface area contributed by atoms with Crippen LogP contribution in [0.25, 0.3) is 0 Å². The Hall–Kier alpha value is -3.09. The average molecular weight is 488 g/mol. The van der Waals surface area contributed by atoms with Crippen molar-refractivity contribution in [2.45, 2.75) is 56.6 Å².